The third-order valence-corrected chi connectivity index (χ3v) is 5.17. The SMILES string of the molecule is C=C/C=C\C=C(/N)NC[C@H]1CC[C@H](NC(=O)c2cc(C(F)(F)F)ccc2Cl)CC1. The topological polar surface area (TPSA) is 67.2 Å². The smallest absolute Gasteiger partial charge is 0.386 e. The highest BCUT2D eigenvalue weighted by Gasteiger charge is 2.32. The lowest BCUT2D eigenvalue weighted by atomic mass is 9.86. The molecule has 0 heterocycles. The minimum Gasteiger partial charge on any atom is -0.386 e. The number of hydrogen-bond donors (Lipinski definition) is 3. The van der Waals surface area contributed by atoms with Crippen LogP contribution in [0.3, 0.4) is 0 Å². The number of nitrogens with one attached hydrogen (secondary N) is 2. The molecule has 1 amide bonds. The highest BCUT2D eigenvalue weighted by atomic mass is 35.5. The van der Waals surface area contributed by atoms with Crippen LogP contribution in [0.4, 0.5) is 13.2 Å². The molecule has 1 saturated carbocycles. The van der Waals surface area contributed by atoms with Gasteiger partial charge in [-0.2, -0.15) is 13.2 Å². The van der Waals surface area contributed by atoms with Crippen molar-refractivity contribution < 1.29 is 18.0 Å². The molecule has 2 rings (SSSR count). The Labute approximate surface area is 173 Å². The van der Waals surface area contributed by atoms with Crippen LogP contribution in [0.1, 0.15) is 41.6 Å². The minimum absolute atomic E-state index is 0.00107. The van der Waals surface area contributed by atoms with Crippen molar-refractivity contribution in [1.82, 2.24) is 10.6 Å². The molecule has 1 aromatic rings. The molecule has 0 aliphatic heterocycles. The number of alkyl halides is 3. The van der Waals surface area contributed by atoms with E-state index in [0.717, 1.165) is 50.4 Å². The van der Waals surface area contributed by atoms with E-state index in [4.69, 9.17) is 17.3 Å². The number of carbonyl (C=O) groups excluding carboxylic acids is 1. The van der Waals surface area contributed by atoms with Gasteiger partial charge in [-0.05, 0) is 55.9 Å². The molecule has 4 nitrogen and oxygen atoms in total. The molecular weight excluding hydrogens is 403 g/mol. The van der Waals surface area contributed by atoms with Gasteiger partial charge in [-0.1, -0.05) is 36.4 Å². The molecule has 1 aliphatic carbocycles. The van der Waals surface area contributed by atoms with E-state index in [9.17, 15) is 18.0 Å². The van der Waals surface area contributed by atoms with E-state index in [1.54, 1.807) is 24.3 Å². The maximum Gasteiger partial charge on any atom is 0.416 e. The highest BCUT2D eigenvalue weighted by Crippen LogP contribution is 2.32. The van der Waals surface area contributed by atoms with Gasteiger partial charge in [-0.3, -0.25) is 4.79 Å². The fourth-order valence-corrected chi connectivity index (χ4v) is 3.41. The molecule has 0 aromatic heterocycles. The van der Waals surface area contributed by atoms with Gasteiger partial charge >= 0.3 is 6.18 Å². The van der Waals surface area contributed by atoms with Gasteiger partial charge in [0.15, 0.2) is 0 Å². The quantitative estimate of drug-likeness (QED) is 0.548. The van der Waals surface area contributed by atoms with Crippen LogP contribution in [0.5, 0.6) is 0 Å². The zero-order chi connectivity index (χ0) is 21.4. The van der Waals surface area contributed by atoms with E-state index in [1.165, 1.54) is 0 Å². The predicted molar refractivity (Wildman–Crippen MR) is 109 cm³/mol. The van der Waals surface area contributed by atoms with Crippen molar-refractivity contribution in [2.45, 2.75) is 37.9 Å². The number of halogens is 4. The molecule has 0 unspecified atom stereocenters. The second kappa shape index (κ2) is 10.4. The van der Waals surface area contributed by atoms with E-state index in [1.807, 2.05) is 0 Å². The number of carbonyl (C=O) groups is 1. The van der Waals surface area contributed by atoms with Gasteiger partial charge in [0, 0.05) is 12.6 Å². The molecule has 8 heteroatoms. The van der Waals surface area contributed by atoms with Crippen LogP contribution in [0.2, 0.25) is 5.02 Å². The van der Waals surface area contributed by atoms with Crippen molar-refractivity contribution in [3.63, 3.8) is 0 Å². The molecule has 1 fully saturated rings. The zero-order valence-corrected chi connectivity index (χ0v) is 16.7. The molecule has 1 aromatic carbocycles. The first-order chi connectivity index (χ1) is 13.7. The second-order valence-corrected chi connectivity index (χ2v) is 7.41. The summed E-state index contributed by atoms with van der Waals surface area (Å²) in [7, 11) is 0. The molecule has 29 heavy (non-hydrogen) atoms. The molecule has 0 atom stereocenters. The van der Waals surface area contributed by atoms with Crippen molar-refractivity contribution in [2.24, 2.45) is 11.7 Å². The number of allylic oxidation sites excluding steroid dienone is 4. The Morgan fingerprint density at radius 2 is 1.93 bits per heavy atom. The number of amides is 1. The maximum absolute atomic E-state index is 12.9. The monoisotopic (exact) mass is 427 g/mol. The van der Waals surface area contributed by atoms with Gasteiger partial charge in [0.1, 0.15) is 0 Å². The lowest BCUT2D eigenvalue weighted by Crippen LogP contribution is -2.39. The summed E-state index contributed by atoms with van der Waals surface area (Å²) >= 11 is 5.93. The number of nitrogens with two attached hydrogens (primary N) is 1. The molecule has 1 aliphatic rings. The molecule has 0 radical (unpaired) electrons. The Hall–Kier alpha value is -2.41. The minimum atomic E-state index is -4.53. The summed E-state index contributed by atoms with van der Waals surface area (Å²) in [6, 6.07) is 2.67. The van der Waals surface area contributed by atoms with Crippen LogP contribution < -0.4 is 16.4 Å². The first-order valence-corrected chi connectivity index (χ1v) is 9.75. The van der Waals surface area contributed by atoms with E-state index in [-0.39, 0.29) is 16.6 Å². The Balaban J connectivity index is 1.85. The normalized spacial score (nSPS) is 20.5. The standard InChI is InChI=1S/C21H25ClF3N3O/c1-2-3-4-5-19(26)27-13-14-6-9-16(10-7-14)28-20(29)17-12-15(21(23,24)25)8-11-18(17)22/h2-5,8,11-12,14,16,27H,1,6-7,9-10,13,26H2,(H,28,29)/b4-3-,19-5+/t14-,16-. The lowest BCUT2D eigenvalue weighted by Gasteiger charge is -2.29. The van der Waals surface area contributed by atoms with E-state index in [0.29, 0.717) is 11.7 Å². The highest BCUT2D eigenvalue weighted by molar-refractivity contribution is 6.33. The summed E-state index contributed by atoms with van der Waals surface area (Å²) in [6.45, 7) is 4.31. The molecule has 0 spiro atoms. The number of rotatable bonds is 7. The third-order valence-electron chi connectivity index (χ3n) is 4.84. The van der Waals surface area contributed by atoms with Gasteiger partial charge in [-0.15, -0.1) is 0 Å². The lowest BCUT2D eigenvalue weighted by molar-refractivity contribution is -0.137. The summed E-state index contributed by atoms with van der Waals surface area (Å²) in [6.07, 6.45) is 5.71. The maximum atomic E-state index is 12.9. The average Bonchev–Trinajstić information content (AvgIpc) is 2.67. The summed E-state index contributed by atoms with van der Waals surface area (Å²) in [4.78, 5) is 12.4. The third kappa shape index (κ3) is 7.16. The Morgan fingerprint density at radius 1 is 1.24 bits per heavy atom. The number of benzene rings is 1. The van der Waals surface area contributed by atoms with Crippen LogP contribution >= 0.6 is 11.6 Å². The van der Waals surface area contributed by atoms with Crippen LogP contribution in [-0.2, 0) is 6.18 Å². The fraction of sp³-hybridized carbons (Fsp3) is 0.381. The average molecular weight is 428 g/mol. The van der Waals surface area contributed by atoms with Crippen LogP contribution in [0.25, 0.3) is 0 Å². The zero-order valence-electron chi connectivity index (χ0n) is 15.9. The van der Waals surface area contributed by atoms with Gasteiger partial charge < -0.3 is 16.4 Å². The van der Waals surface area contributed by atoms with Crippen molar-refractivity contribution in [3.8, 4) is 0 Å². The second-order valence-electron chi connectivity index (χ2n) is 7.01. The largest absolute Gasteiger partial charge is 0.416 e. The van der Waals surface area contributed by atoms with Crippen molar-refractivity contribution >= 4 is 17.5 Å². The van der Waals surface area contributed by atoms with Gasteiger partial charge in [0.05, 0.1) is 22.0 Å². The number of hydrogen-bond acceptors (Lipinski definition) is 3. The molecule has 0 bridgehead atoms. The van der Waals surface area contributed by atoms with Gasteiger partial charge in [0.25, 0.3) is 5.91 Å². The van der Waals surface area contributed by atoms with Crippen LogP contribution in [0, 0.1) is 5.92 Å². The van der Waals surface area contributed by atoms with Gasteiger partial charge in [0.2, 0.25) is 0 Å². The molecule has 4 N–H and O–H groups in total. The van der Waals surface area contributed by atoms with E-state index >= 15 is 0 Å². The first-order valence-electron chi connectivity index (χ1n) is 9.37. The Bertz CT molecular complexity index is 782. The predicted octanol–water partition coefficient (Wildman–Crippen LogP) is 4.78. The first kappa shape index (κ1) is 22.9. The van der Waals surface area contributed by atoms with E-state index in [2.05, 4.69) is 17.2 Å². The Morgan fingerprint density at radius 3 is 2.55 bits per heavy atom. The Kier molecular flexibility index (Phi) is 8.20. The summed E-state index contributed by atoms with van der Waals surface area (Å²) < 4.78 is 38.6. The summed E-state index contributed by atoms with van der Waals surface area (Å²) in [5.74, 6) is 0.400. The molecular formula is C21H25ClF3N3O. The fourth-order valence-electron chi connectivity index (χ4n) is 3.21. The summed E-state index contributed by atoms with van der Waals surface area (Å²) in [5, 5.41) is 5.97. The van der Waals surface area contributed by atoms with Crippen LogP contribution in [0.15, 0.2) is 54.9 Å². The molecule has 0 saturated heterocycles. The van der Waals surface area contributed by atoms with Crippen LogP contribution in [-0.4, -0.2) is 18.5 Å². The molecule has 158 valence electrons. The van der Waals surface area contributed by atoms with Crippen molar-refractivity contribution in [1.29, 1.82) is 0 Å². The summed E-state index contributed by atoms with van der Waals surface area (Å²) in [5.41, 5.74) is 4.81. The van der Waals surface area contributed by atoms with Crippen molar-refractivity contribution in [2.75, 3.05) is 6.54 Å². The van der Waals surface area contributed by atoms with Crippen molar-refractivity contribution in [3.05, 3.63) is 71.1 Å². The van der Waals surface area contributed by atoms with E-state index < -0.39 is 17.6 Å². The van der Waals surface area contributed by atoms with Gasteiger partial charge in [-0.25, -0.2) is 0 Å².